The molecule has 86 valence electrons. The summed E-state index contributed by atoms with van der Waals surface area (Å²) in [4.78, 5) is 0. The van der Waals surface area contributed by atoms with E-state index in [1.54, 1.807) is 6.92 Å². The fourth-order valence-electron chi connectivity index (χ4n) is 1.32. The van der Waals surface area contributed by atoms with Crippen LogP contribution in [0.25, 0.3) is 0 Å². The van der Waals surface area contributed by atoms with E-state index in [1.807, 2.05) is 0 Å². The molecule has 0 saturated heterocycles. The first-order chi connectivity index (χ1) is 6.80. The van der Waals surface area contributed by atoms with Crippen molar-refractivity contribution in [1.29, 1.82) is 0 Å². The van der Waals surface area contributed by atoms with Crippen LogP contribution in [0.5, 0.6) is 0 Å². The Morgan fingerprint density at radius 3 is 2.60 bits per heavy atom. The molecule has 0 radical (unpaired) electrons. The Bertz CT molecular complexity index is 331. The van der Waals surface area contributed by atoms with Gasteiger partial charge in [0.1, 0.15) is 0 Å². The van der Waals surface area contributed by atoms with Crippen molar-refractivity contribution >= 4 is 0 Å². The number of halogens is 3. The van der Waals surface area contributed by atoms with E-state index in [1.165, 1.54) is 13.2 Å². The lowest BCUT2D eigenvalue weighted by molar-refractivity contribution is -0.142. The fourth-order valence-corrected chi connectivity index (χ4v) is 1.32. The molecule has 0 amide bonds. The Balaban J connectivity index is 2.87. The summed E-state index contributed by atoms with van der Waals surface area (Å²) in [7, 11) is 1.45. The van der Waals surface area contributed by atoms with Gasteiger partial charge in [0.25, 0.3) is 0 Å². The summed E-state index contributed by atoms with van der Waals surface area (Å²) in [6.45, 7) is 1.55. The minimum atomic E-state index is -4.42. The average Bonchev–Trinajstić information content (AvgIpc) is 2.42. The predicted octanol–water partition coefficient (Wildman–Crippen LogP) is 1.75. The van der Waals surface area contributed by atoms with Crippen LogP contribution in [-0.2, 0) is 19.6 Å². The maximum Gasteiger partial charge on any atom is 0.435 e. The first-order valence-electron chi connectivity index (χ1n) is 4.58. The van der Waals surface area contributed by atoms with Crippen molar-refractivity contribution in [3.05, 3.63) is 17.5 Å². The van der Waals surface area contributed by atoms with E-state index < -0.39 is 18.0 Å². The number of hydrogen-bond donors (Lipinski definition) is 1. The number of rotatable bonds is 3. The van der Waals surface area contributed by atoms with Gasteiger partial charge in [-0.25, -0.2) is 0 Å². The molecule has 0 aromatic carbocycles. The molecule has 1 rings (SSSR count). The van der Waals surface area contributed by atoms with E-state index in [0.717, 1.165) is 4.68 Å². The van der Waals surface area contributed by atoms with Crippen molar-refractivity contribution in [1.82, 2.24) is 9.78 Å². The zero-order valence-electron chi connectivity index (χ0n) is 8.54. The Labute approximate surface area is 85.5 Å². The summed E-state index contributed by atoms with van der Waals surface area (Å²) < 4.78 is 38.5. The predicted molar refractivity (Wildman–Crippen MR) is 48.2 cm³/mol. The van der Waals surface area contributed by atoms with Crippen LogP contribution < -0.4 is 0 Å². The Hall–Kier alpha value is -1.04. The van der Waals surface area contributed by atoms with Gasteiger partial charge in [-0.2, -0.15) is 18.3 Å². The Morgan fingerprint density at radius 1 is 1.53 bits per heavy atom. The Morgan fingerprint density at radius 2 is 2.13 bits per heavy atom. The smallest absolute Gasteiger partial charge is 0.393 e. The molecule has 0 aliphatic carbocycles. The van der Waals surface area contributed by atoms with Crippen LogP contribution in [0.4, 0.5) is 13.2 Å². The molecule has 3 nitrogen and oxygen atoms in total. The number of aromatic nitrogens is 2. The molecule has 0 aliphatic heterocycles. The van der Waals surface area contributed by atoms with Crippen molar-refractivity contribution in [2.75, 3.05) is 0 Å². The number of aryl methyl sites for hydroxylation is 2. The lowest BCUT2D eigenvalue weighted by Gasteiger charge is -2.06. The molecule has 0 saturated carbocycles. The number of aliphatic hydroxyl groups excluding tert-OH is 1. The number of alkyl halides is 3. The van der Waals surface area contributed by atoms with Gasteiger partial charge in [0, 0.05) is 18.8 Å². The zero-order chi connectivity index (χ0) is 11.6. The van der Waals surface area contributed by atoms with E-state index in [-0.39, 0.29) is 12.0 Å². The second-order valence-electron chi connectivity index (χ2n) is 3.56. The van der Waals surface area contributed by atoms with Crippen LogP contribution in [-0.4, -0.2) is 21.0 Å². The maximum absolute atomic E-state index is 12.4. The van der Waals surface area contributed by atoms with Crippen molar-refractivity contribution in [2.45, 2.75) is 32.0 Å². The molecular formula is C9H13F3N2O. The number of aliphatic hydroxyl groups is 1. The molecule has 1 heterocycles. The molecule has 15 heavy (non-hydrogen) atoms. The van der Waals surface area contributed by atoms with Crippen molar-refractivity contribution in [3.8, 4) is 0 Å². The van der Waals surface area contributed by atoms with Gasteiger partial charge in [-0.1, -0.05) is 0 Å². The van der Waals surface area contributed by atoms with Crippen molar-refractivity contribution in [2.24, 2.45) is 7.05 Å². The normalized spacial score (nSPS) is 14.3. The van der Waals surface area contributed by atoms with Gasteiger partial charge in [-0.15, -0.1) is 0 Å². The van der Waals surface area contributed by atoms with Gasteiger partial charge in [0.2, 0.25) is 0 Å². The minimum absolute atomic E-state index is 0.130. The second-order valence-corrected chi connectivity index (χ2v) is 3.56. The fraction of sp³-hybridized carbons (Fsp3) is 0.667. The van der Waals surface area contributed by atoms with Crippen molar-refractivity contribution < 1.29 is 18.3 Å². The van der Waals surface area contributed by atoms with Crippen LogP contribution in [0.2, 0.25) is 0 Å². The molecule has 0 spiro atoms. The summed E-state index contributed by atoms with van der Waals surface area (Å²) in [5.41, 5.74) is -0.725. The summed E-state index contributed by atoms with van der Waals surface area (Å²) in [6, 6.07) is 0. The molecule has 1 aromatic heterocycles. The van der Waals surface area contributed by atoms with Crippen molar-refractivity contribution in [3.63, 3.8) is 0 Å². The third kappa shape index (κ3) is 3.23. The van der Waals surface area contributed by atoms with Crippen LogP contribution in [0, 0.1) is 0 Å². The molecule has 0 bridgehead atoms. The molecule has 6 heteroatoms. The van der Waals surface area contributed by atoms with Crippen LogP contribution in [0.15, 0.2) is 6.20 Å². The van der Waals surface area contributed by atoms with E-state index >= 15 is 0 Å². The van der Waals surface area contributed by atoms with Gasteiger partial charge in [-0.05, 0) is 19.8 Å². The average molecular weight is 222 g/mol. The van der Waals surface area contributed by atoms with Crippen LogP contribution in [0.3, 0.4) is 0 Å². The molecule has 1 N–H and O–H groups in total. The maximum atomic E-state index is 12.4. The third-order valence-corrected chi connectivity index (χ3v) is 2.00. The van der Waals surface area contributed by atoms with E-state index in [0.29, 0.717) is 6.42 Å². The minimum Gasteiger partial charge on any atom is -0.393 e. The van der Waals surface area contributed by atoms with E-state index in [2.05, 4.69) is 5.10 Å². The highest BCUT2D eigenvalue weighted by Crippen LogP contribution is 2.31. The molecule has 0 aliphatic rings. The quantitative estimate of drug-likeness (QED) is 0.846. The van der Waals surface area contributed by atoms with E-state index in [4.69, 9.17) is 5.11 Å². The molecule has 0 fully saturated rings. The lowest BCUT2D eigenvalue weighted by Crippen LogP contribution is -2.10. The van der Waals surface area contributed by atoms with Gasteiger partial charge >= 0.3 is 6.18 Å². The van der Waals surface area contributed by atoms with E-state index in [9.17, 15) is 13.2 Å². The second kappa shape index (κ2) is 4.22. The number of hydrogen-bond acceptors (Lipinski definition) is 2. The standard InChI is InChI=1S/C9H13F3N2O/c1-6(15)3-4-7-5-14(2)13-8(7)9(10,11)12/h5-6,15H,3-4H2,1-2H3/t6-/m1/s1. The molecule has 0 unspecified atom stereocenters. The highest BCUT2D eigenvalue weighted by molar-refractivity contribution is 5.20. The summed E-state index contributed by atoms with van der Waals surface area (Å²) in [5.74, 6) is 0. The molecular weight excluding hydrogens is 209 g/mol. The van der Waals surface area contributed by atoms with Gasteiger partial charge in [-0.3, -0.25) is 4.68 Å². The van der Waals surface area contributed by atoms with Gasteiger partial charge in [0.15, 0.2) is 5.69 Å². The lowest BCUT2D eigenvalue weighted by atomic mass is 10.1. The van der Waals surface area contributed by atoms with Crippen LogP contribution in [0.1, 0.15) is 24.6 Å². The Kier molecular flexibility index (Phi) is 3.38. The summed E-state index contributed by atoms with van der Waals surface area (Å²) >= 11 is 0. The highest BCUT2D eigenvalue weighted by atomic mass is 19.4. The third-order valence-electron chi connectivity index (χ3n) is 2.00. The molecule has 1 aromatic rings. The zero-order valence-corrected chi connectivity index (χ0v) is 8.54. The van der Waals surface area contributed by atoms with Gasteiger partial charge in [0.05, 0.1) is 6.10 Å². The largest absolute Gasteiger partial charge is 0.435 e. The summed E-state index contributed by atoms with van der Waals surface area (Å²) in [6.07, 6.45) is -3.21. The summed E-state index contributed by atoms with van der Waals surface area (Å²) in [5, 5.41) is 12.4. The van der Waals surface area contributed by atoms with Crippen LogP contribution >= 0.6 is 0 Å². The topological polar surface area (TPSA) is 38.0 Å². The monoisotopic (exact) mass is 222 g/mol. The SMILES string of the molecule is C[C@@H](O)CCc1cn(C)nc1C(F)(F)F. The van der Waals surface area contributed by atoms with Gasteiger partial charge < -0.3 is 5.11 Å². The molecule has 1 atom stereocenters. The first-order valence-corrected chi connectivity index (χ1v) is 4.58. The first kappa shape index (κ1) is 12.0. The highest BCUT2D eigenvalue weighted by Gasteiger charge is 2.36. The number of nitrogens with zero attached hydrogens (tertiary/aromatic N) is 2.